The van der Waals surface area contributed by atoms with E-state index in [1.807, 2.05) is 12.1 Å². The summed E-state index contributed by atoms with van der Waals surface area (Å²) < 4.78 is 0. The van der Waals surface area contributed by atoms with Crippen LogP contribution in [0.3, 0.4) is 0 Å². The van der Waals surface area contributed by atoms with Gasteiger partial charge in [0.2, 0.25) is 5.91 Å². The molecule has 0 saturated heterocycles. The zero-order chi connectivity index (χ0) is 18.5. The number of benzene rings is 1. The molecule has 0 aliphatic heterocycles. The minimum atomic E-state index is -0.475. The van der Waals surface area contributed by atoms with E-state index in [4.69, 9.17) is 17.3 Å². The number of amides is 2. The monoisotopic (exact) mass is 388 g/mol. The molecule has 1 aliphatic rings. The van der Waals surface area contributed by atoms with Gasteiger partial charge in [0.15, 0.2) is 0 Å². The molecule has 0 saturated carbocycles. The number of nitrogens with one attached hydrogen (secondary N) is 1. The van der Waals surface area contributed by atoms with Crippen LogP contribution in [0.2, 0.25) is 5.02 Å². The van der Waals surface area contributed by atoms with Gasteiger partial charge in [-0.25, -0.2) is 0 Å². The largest absolute Gasteiger partial charge is 0.365 e. The van der Waals surface area contributed by atoms with Crippen molar-refractivity contribution in [1.29, 1.82) is 0 Å². The zero-order valence-electron chi connectivity index (χ0n) is 14.4. The van der Waals surface area contributed by atoms with Gasteiger partial charge in [0.25, 0.3) is 5.91 Å². The second kappa shape index (κ2) is 8.52. The molecule has 0 unspecified atom stereocenters. The summed E-state index contributed by atoms with van der Waals surface area (Å²) in [6.45, 7) is 0. The van der Waals surface area contributed by atoms with Crippen molar-refractivity contribution in [1.82, 2.24) is 0 Å². The summed E-state index contributed by atoms with van der Waals surface area (Å²) >= 11 is 7.42. The van der Waals surface area contributed by atoms with E-state index in [1.165, 1.54) is 28.7 Å². The molecule has 26 heavy (non-hydrogen) atoms. The van der Waals surface area contributed by atoms with Gasteiger partial charge in [-0.05, 0) is 55.0 Å². The van der Waals surface area contributed by atoms with Crippen LogP contribution in [0.15, 0.2) is 30.3 Å². The van der Waals surface area contributed by atoms with E-state index in [-0.39, 0.29) is 5.91 Å². The maximum atomic E-state index is 12.3. The number of hydrogen-bond donors (Lipinski definition) is 2. The Balaban J connectivity index is 1.81. The van der Waals surface area contributed by atoms with Crippen LogP contribution in [0.5, 0.6) is 0 Å². The maximum Gasteiger partial charge on any atom is 0.251 e. The number of nitrogens with two attached hydrogens (primary N) is 1. The highest BCUT2D eigenvalue weighted by Gasteiger charge is 2.23. The molecule has 4 nitrogen and oxygen atoms in total. The zero-order valence-corrected chi connectivity index (χ0v) is 16.0. The Morgan fingerprint density at radius 2 is 1.92 bits per heavy atom. The fraction of sp³-hybridized carbons (Fsp3) is 0.300. The Kier molecular flexibility index (Phi) is 6.12. The van der Waals surface area contributed by atoms with Crippen molar-refractivity contribution in [3.63, 3.8) is 0 Å². The number of carbonyl (C=O) groups is 2. The summed E-state index contributed by atoms with van der Waals surface area (Å²) in [7, 11) is 0. The standard InChI is InChI=1S/C20H21ClN2O2S/c21-14-7-5-6-13(12-14)10-11-17(24)23-20-18(19(22)25)15-8-3-1-2-4-9-16(15)26-20/h5-7,10-12H,1-4,8-9H2,(H2,22,25)(H,23,24)/b11-10+. The van der Waals surface area contributed by atoms with Crippen molar-refractivity contribution in [3.05, 3.63) is 56.9 Å². The fourth-order valence-electron chi connectivity index (χ4n) is 3.20. The quantitative estimate of drug-likeness (QED) is 0.737. The van der Waals surface area contributed by atoms with Crippen LogP contribution in [0.4, 0.5) is 5.00 Å². The molecule has 0 spiro atoms. The highest BCUT2D eigenvalue weighted by molar-refractivity contribution is 7.17. The average Bonchev–Trinajstić information content (AvgIpc) is 2.89. The van der Waals surface area contributed by atoms with Crippen LogP contribution in [0.25, 0.3) is 6.08 Å². The predicted molar refractivity (Wildman–Crippen MR) is 108 cm³/mol. The molecule has 1 aromatic heterocycles. The SMILES string of the molecule is NC(=O)c1c(NC(=O)/C=C/c2cccc(Cl)c2)sc2c1CCCCCC2. The molecule has 0 fully saturated rings. The minimum Gasteiger partial charge on any atom is -0.365 e. The van der Waals surface area contributed by atoms with Gasteiger partial charge in [-0.15, -0.1) is 11.3 Å². The van der Waals surface area contributed by atoms with Crippen LogP contribution in [0, 0.1) is 0 Å². The fourth-order valence-corrected chi connectivity index (χ4v) is 4.70. The molecule has 3 N–H and O–H groups in total. The second-order valence-electron chi connectivity index (χ2n) is 6.36. The number of halogens is 1. The van der Waals surface area contributed by atoms with E-state index in [1.54, 1.807) is 18.2 Å². The van der Waals surface area contributed by atoms with Gasteiger partial charge in [-0.1, -0.05) is 36.6 Å². The van der Waals surface area contributed by atoms with Crippen molar-refractivity contribution in [2.24, 2.45) is 5.73 Å². The molecule has 136 valence electrons. The topological polar surface area (TPSA) is 72.2 Å². The molecule has 2 aromatic rings. The summed E-state index contributed by atoms with van der Waals surface area (Å²) in [5.74, 6) is -0.765. The molecule has 0 radical (unpaired) electrons. The van der Waals surface area contributed by atoms with Crippen molar-refractivity contribution in [2.75, 3.05) is 5.32 Å². The summed E-state index contributed by atoms with van der Waals surface area (Å²) in [6, 6.07) is 7.24. The van der Waals surface area contributed by atoms with E-state index in [0.717, 1.165) is 43.2 Å². The number of fused-ring (bicyclic) bond motifs is 1. The lowest BCUT2D eigenvalue weighted by Crippen LogP contribution is -2.17. The third-order valence-electron chi connectivity index (χ3n) is 4.43. The highest BCUT2D eigenvalue weighted by atomic mass is 35.5. The maximum absolute atomic E-state index is 12.3. The molecule has 6 heteroatoms. The van der Waals surface area contributed by atoms with E-state index in [2.05, 4.69) is 5.32 Å². The molecular weight excluding hydrogens is 368 g/mol. The molecule has 1 aliphatic carbocycles. The average molecular weight is 389 g/mol. The first kappa shape index (κ1) is 18.7. The highest BCUT2D eigenvalue weighted by Crippen LogP contribution is 2.36. The first-order valence-electron chi connectivity index (χ1n) is 8.73. The smallest absolute Gasteiger partial charge is 0.251 e. The molecule has 0 bridgehead atoms. The van der Waals surface area contributed by atoms with Gasteiger partial charge in [0, 0.05) is 16.0 Å². The molecule has 3 rings (SSSR count). The number of anilines is 1. The van der Waals surface area contributed by atoms with Gasteiger partial charge in [-0.3, -0.25) is 9.59 Å². The number of thiophene rings is 1. The number of hydrogen-bond acceptors (Lipinski definition) is 3. The molecule has 1 heterocycles. The van der Waals surface area contributed by atoms with Gasteiger partial charge < -0.3 is 11.1 Å². The van der Waals surface area contributed by atoms with Crippen molar-refractivity contribution < 1.29 is 9.59 Å². The first-order chi connectivity index (χ1) is 12.5. The normalized spacial score (nSPS) is 14.5. The predicted octanol–water partition coefficient (Wildman–Crippen LogP) is 4.81. The first-order valence-corrected chi connectivity index (χ1v) is 9.93. The van der Waals surface area contributed by atoms with Gasteiger partial charge in [0.05, 0.1) is 5.56 Å². The van der Waals surface area contributed by atoms with Crippen LogP contribution < -0.4 is 11.1 Å². The van der Waals surface area contributed by atoms with E-state index >= 15 is 0 Å². The van der Waals surface area contributed by atoms with Crippen LogP contribution in [0.1, 0.15) is 52.0 Å². The Morgan fingerprint density at radius 3 is 2.65 bits per heavy atom. The Hall–Kier alpha value is -2.11. The molecule has 2 amide bonds. The van der Waals surface area contributed by atoms with Crippen molar-refractivity contribution in [2.45, 2.75) is 38.5 Å². The third-order valence-corrected chi connectivity index (χ3v) is 5.87. The van der Waals surface area contributed by atoms with Crippen molar-refractivity contribution >= 4 is 45.8 Å². The van der Waals surface area contributed by atoms with Crippen LogP contribution in [-0.4, -0.2) is 11.8 Å². The second-order valence-corrected chi connectivity index (χ2v) is 7.91. The summed E-state index contributed by atoms with van der Waals surface area (Å²) in [5.41, 5.74) is 7.96. The van der Waals surface area contributed by atoms with E-state index in [0.29, 0.717) is 15.6 Å². The third kappa shape index (κ3) is 4.54. The van der Waals surface area contributed by atoms with E-state index < -0.39 is 5.91 Å². The summed E-state index contributed by atoms with van der Waals surface area (Å²) in [6.07, 6.45) is 9.43. The Bertz CT molecular complexity index is 857. The van der Waals surface area contributed by atoms with E-state index in [9.17, 15) is 9.59 Å². The number of aryl methyl sites for hydroxylation is 1. The lowest BCUT2D eigenvalue weighted by atomic mass is 9.96. The Morgan fingerprint density at radius 1 is 1.15 bits per heavy atom. The molecule has 1 aromatic carbocycles. The van der Waals surface area contributed by atoms with Gasteiger partial charge >= 0.3 is 0 Å². The number of primary amides is 1. The van der Waals surface area contributed by atoms with Gasteiger partial charge in [-0.2, -0.15) is 0 Å². The molecular formula is C20H21ClN2O2S. The minimum absolute atomic E-state index is 0.290. The van der Waals surface area contributed by atoms with Gasteiger partial charge in [0.1, 0.15) is 5.00 Å². The lowest BCUT2D eigenvalue weighted by molar-refractivity contribution is -0.111. The number of rotatable bonds is 4. The summed E-state index contributed by atoms with van der Waals surface area (Å²) in [5, 5.41) is 4.01. The van der Waals surface area contributed by atoms with Crippen LogP contribution in [-0.2, 0) is 17.6 Å². The van der Waals surface area contributed by atoms with Crippen molar-refractivity contribution in [3.8, 4) is 0 Å². The number of carbonyl (C=O) groups excluding carboxylic acids is 2. The Labute approximate surface area is 162 Å². The molecule has 0 atom stereocenters. The van der Waals surface area contributed by atoms with Crippen LogP contribution >= 0.6 is 22.9 Å². The lowest BCUT2D eigenvalue weighted by Gasteiger charge is -2.10. The summed E-state index contributed by atoms with van der Waals surface area (Å²) in [4.78, 5) is 25.5.